The monoisotopic (exact) mass is 299 g/mol. The quantitative estimate of drug-likeness (QED) is 0.777. The van der Waals surface area contributed by atoms with Crippen LogP contribution < -0.4 is 16.4 Å². The molecule has 1 unspecified atom stereocenters. The van der Waals surface area contributed by atoms with Gasteiger partial charge in [0.25, 0.3) is 0 Å². The molecule has 1 aromatic rings. The van der Waals surface area contributed by atoms with E-state index in [1.807, 2.05) is 0 Å². The van der Waals surface area contributed by atoms with Crippen molar-refractivity contribution in [3.8, 4) is 0 Å². The summed E-state index contributed by atoms with van der Waals surface area (Å²) in [7, 11) is 0. The van der Waals surface area contributed by atoms with E-state index in [-0.39, 0.29) is 0 Å². The number of rotatable bonds is 2. The molecule has 5 rings (SSSR count). The van der Waals surface area contributed by atoms with Crippen LogP contribution in [0, 0.1) is 11.8 Å². The van der Waals surface area contributed by atoms with Crippen LogP contribution in [0.2, 0.25) is 0 Å². The van der Waals surface area contributed by atoms with Crippen LogP contribution in [0.25, 0.3) is 0 Å². The van der Waals surface area contributed by atoms with E-state index in [0.717, 1.165) is 37.2 Å². The summed E-state index contributed by atoms with van der Waals surface area (Å²) in [6, 6.07) is 0.598. The van der Waals surface area contributed by atoms with Gasteiger partial charge in [-0.15, -0.1) is 0 Å². The van der Waals surface area contributed by atoms with Gasteiger partial charge in [-0.25, -0.2) is 4.98 Å². The van der Waals surface area contributed by atoms with Gasteiger partial charge in [0, 0.05) is 30.1 Å². The molecule has 118 valence electrons. The van der Waals surface area contributed by atoms with Crippen LogP contribution in [0.5, 0.6) is 0 Å². The molecule has 0 aromatic carbocycles. The topological polar surface area (TPSA) is 75.9 Å². The fourth-order valence-electron chi connectivity index (χ4n) is 5.35. The Labute approximate surface area is 131 Å². The SMILES string of the molecule is Nc1nc(NC2[C@H]3CNC[C@@H]23)c2c(n1)C1(CCCC1)CCC2. The second-order valence-corrected chi connectivity index (χ2v) is 7.75. The summed E-state index contributed by atoms with van der Waals surface area (Å²) >= 11 is 0. The van der Waals surface area contributed by atoms with Crippen LogP contribution in [0.4, 0.5) is 11.8 Å². The van der Waals surface area contributed by atoms with Crippen molar-refractivity contribution < 1.29 is 0 Å². The van der Waals surface area contributed by atoms with Crippen molar-refractivity contribution in [3.05, 3.63) is 11.3 Å². The number of nitrogen functional groups attached to an aromatic ring is 1. The third-order valence-corrected chi connectivity index (χ3v) is 6.56. The maximum atomic E-state index is 6.07. The van der Waals surface area contributed by atoms with Gasteiger partial charge in [0.1, 0.15) is 5.82 Å². The zero-order valence-electron chi connectivity index (χ0n) is 13.1. The lowest BCUT2D eigenvalue weighted by atomic mass is 9.72. The van der Waals surface area contributed by atoms with Crippen LogP contribution >= 0.6 is 0 Å². The number of aromatic nitrogens is 2. The van der Waals surface area contributed by atoms with Gasteiger partial charge in [0.15, 0.2) is 0 Å². The smallest absolute Gasteiger partial charge is 0.222 e. The van der Waals surface area contributed by atoms with Crippen LogP contribution in [0.15, 0.2) is 0 Å². The Morgan fingerprint density at radius 1 is 1.05 bits per heavy atom. The number of nitrogens with one attached hydrogen (secondary N) is 2. The summed E-state index contributed by atoms with van der Waals surface area (Å²) < 4.78 is 0. The molecule has 22 heavy (non-hydrogen) atoms. The molecule has 3 fully saturated rings. The summed E-state index contributed by atoms with van der Waals surface area (Å²) in [6.07, 6.45) is 8.92. The molecule has 1 spiro atoms. The first-order valence-electron chi connectivity index (χ1n) is 8.91. The lowest BCUT2D eigenvalue weighted by Gasteiger charge is -2.35. The normalized spacial score (nSPS) is 34.5. The van der Waals surface area contributed by atoms with Gasteiger partial charge < -0.3 is 16.4 Å². The maximum absolute atomic E-state index is 6.07. The van der Waals surface area contributed by atoms with E-state index in [1.165, 1.54) is 49.8 Å². The highest BCUT2D eigenvalue weighted by molar-refractivity contribution is 5.55. The Morgan fingerprint density at radius 3 is 2.55 bits per heavy atom. The molecular weight excluding hydrogens is 274 g/mol. The predicted octanol–water partition coefficient (Wildman–Crippen LogP) is 1.84. The standard InChI is InChI=1S/C17H25N5/c18-16-21-14-10(4-3-7-17(14)5-1-2-6-17)15(22-16)20-13-11-8-19-9-12(11)13/h11-13,19H,1-9H2,(H3,18,20,21,22)/t11-,12+,13?. The number of nitrogens with two attached hydrogens (primary N) is 1. The maximum Gasteiger partial charge on any atom is 0.222 e. The van der Waals surface area contributed by atoms with Crippen LogP contribution in [0.3, 0.4) is 0 Å². The highest BCUT2D eigenvalue weighted by Crippen LogP contribution is 2.50. The van der Waals surface area contributed by atoms with Gasteiger partial charge in [-0.2, -0.15) is 4.98 Å². The summed E-state index contributed by atoms with van der Waals surface area (Å²) in [5.74, 6) is 3.08. The molecule has 0 radical (unpaired) electrons. The molecule has 3 atom stereocenters. The Bertz CT molecular complexity index is 597. The summed E-state index contributed by atoms with van der Waals surface area (Å²) in [5.41, 5.74) is 9.04. The van der Waals surface area contributed by atoms with E-state index in [2.05, 4.69) is 15.6 Å². The fourth-order valence-corrected chi connectivity index (χ4v) is 5.35. The molecule has 0 amide bonds. The average molecular weight is 299 g/mol. The molecule has 2 heterocycles. The second kappa shape index (κ2) is 4.57. The zero-order chi connectivity index (χ0) is 14.7. The highest BCUT2D eigenvalue weighted by Gasteiger charge is 2.53. The van der Waals surface area contributed by atoms with Gasteiger partial charge in [0.05, 0.1) is 5.69 Å². The minimum Gasteiger partial charge on any atom is -0.368 e. The Kier molecular flexibility index (Phi) is 2.72. The minimum atomic E-state index is 0.308. The molecule has 1 aliphatic heterocycles. The van der Waals surface area contributed by atoms with Crippen LogP contribution in [0.1, 0.15) is 49.8 Å². The van der Waals surface area contributed by atoms with E-state index >= 15 is 0 Å². The van der Waals surface area contributed by atoms with Crippen LogP contribution in [-0.2, 0) is 11.8 Å². The molecule has 1 saturated heterocycles. The van der Waals surface area contributed by atoms with Crippen LogP contribution in [-0.4, -0.2) is 29.1 Å². The molecule has 1 aromatic heterocycles. The third kappa shape index (κ3) is 1.81. The van der Waals surface area contributed by atoms with E-state index in [0.29, 0.717) is 17.4 Å². The molecule has 5 nitrogen and oxygen atoms in total. The predicted molar refractivity (Wildman–Crippen MR) is 86.8 cm³/mol. The number of hydrogen-bond acceptors (Lipinski definition) is 5. The summed E-state index contributed by atoms with van der Waals surface area (Å²) in [5, 5.41) is 7.18. The highest BCUT2D eigenvalue weighted by atomic mass is 15.2. The third-order valence-electron chi connectivity index (χ3n) is 6.56. The molecule has 4 aliphatic rings. The molecule has 3 aliphatic carbocycles. The lowest BCUT2D eigenvalue weighted by molar-refractivity contribution is 0.358. The molecule has 2 saturated carbocycles. The Hall–Kier alpha value is -1.36. The average Bonchev–Trinajstić information content (AvgIpc) is 2.92. The van der Waals surface area contributed by atoms with Crippen molar-refractivity contribution >= 4 is 11.8 Å². The Balaban J connectivity index is 1.51. The van der Waals surface area contributed by atoms with Crippen molar-refractivity contribution in [2.24, 2.45) is 11.8 Å². The lowest BCUT2D eigenvalue weighted by Crippen LogP contribution is -2.31. The van der Waals surface area contributed by atoms with E-state index in [1.54, 1.807) is 0 Å². The van der Waals surface area contributed by atoms with Gasteiger partial charge in [-0.05, 0) is 43.9 Å². The van der Waals surface area contributed by atoms with Gasteiger partial charge >= 0.3 is 0 Å². The number of anilines is 2. The number of nitrogens with zero attached hydrogens (tertiary/aromatic N) is 2. The van der Waals surface area contributed by atoms with E-state index in [9.17, 15) is 0 Å². The van der Waals surface area contributed by atoms with E-state index < -0.39 is 0 Å². The van der Waals surface area contributed by atoms with E-state index in [4.69, 9.17) is 10.7 Å². The first-order chi connectivity index (χ1) is 10.8. The van der Waals surface area contributed by atoms with Crippen molar-refractivity contribution in [1.82, 2.24) is 15.3 Å². The van der Waals surface area contributed by atoms with Gasteiger partial charge in [-0.1, -0.05) is 12.8 Å². The molecule has 4 N–H and O–H groups in total. The first kappa shape index (κ1) is 13.1. The first-order valence-corrected chi connectivity index (χ1v) is 8.91. The number of hydrogen-bond donors (Lipinski definition) is 3. The van der Waals surface area contributed by atoms with Crippen molar-refractivity contribution in [2.75, 3.05) is 24.1 Å². The zero-order valence-corrected chi connectivity index (χ0v) is 13.1. The van der Waals surface area contributed by atoms with Crippen molar-refractivity contribution in [3.63, 3.8) is 0 Å². The number of piperidine rings is 1. The van der Waals surface area contributed by atoms with Gasteiger partial charge in [-0.3, -0.25) is 0 Å². The number of fused-ring (bicyclic) bond motifs is 3. The minimum absolute atomic E-state index is 0.308. The fraction of sp³-hybridized carbons (Fsp3) is 0.765. The Morgan fingerprint density at radius 2 is 1.77 bits per heavy atom. The van der Waals surface area contributed by atoms with Gasteiger partial charge in [0.2, 0.25) is 5.95 Å². The molecular formula is C17H25N5. The summed E-state index contributed by atoms with van der Waals surface area (Å²) in [4.78, 5) is 9.31. The largest absolute Gasteiger partial charge is 0.368 e. The van der Waals surface area contributed by atoms with Crippen molar-refractivity contribution in [2.45, 2.75) is 56.4 Å². The second-order valence-electron chi connectivity index (χ2n) is 7.75. The summed E-state index contributed by atoms with van der Waals surface area (Å²) in [6.45, 7) is 2.30. The van der Waals surface area contributed by atoms with Crippen molar-refractivity contribution in [1.29, 1.82) is 0 Å². The molecule has 5 heteroatoms. The molecule has 0 bridgehead atoms.